The average Bonchev–Trinajstić information content (AvgIpc) is 2.96. The summed E-state index contributed by atoms with van der Waals surface area (Å²) in [5.41, 5.74) is 0.886. The first-order valence-electron chi connectivity index (χ1n) is 8.26. The summed E-state index contributed by atoms with van der Waals surface area (Å²) in [5.74, 6) is -0.207. The van der Waals surface area contributed by atoms with Crippen molar-refractivity contribution in [3.63, 3.8) is 0 Å². The normalized spacial score (nSPS) is 23.5. The molecule has 0 spiro atoms. The van der Waals surface area contributed by atoms with E-state index >= 15 is 0 Å². The summed E-state index contributed by atoms with van der Waals surface area (Å²) >= 11 is 0. The molecule has 1 N–H and O–H groups in total. The molecule has 0 heterocycles. The van der Waals surface area contributed by atoms with Crippen molar-refractivity contribution in [1.82, 2.24) is 5.32 Å². The van der Waals surface area contributed by atoms with Crippen LogP contribution in [0.25, 0.3) is 0 Å². The molecule has 1 nitrogen and oxygen atoms in total. The van der Waals surface area contributed by atoms with Crippen molar-refractivity contribution >= 4 is 0 Å². The van der Waals surface area contributed by atoms with Crippen molar-refractivity contribution in [2.75, 3.05) is 6.54 Å². The van der Waals surface area contributed by atoms with Crippen LogP contribution in [0, 0.1) is 30.4 Å². The molecule has 0 aliphatic heterocycles. The predicted octanol–water partition coefficient (Wildman–Crippen LogP) is 5.14. The Balaban J connectivity index is 2.26. The lowest BCUT2D eigenvalue weighted by atomic mass is 9.89. The third-order valence-electron chi connectivity index (χ3n) is 4.89. The van der Waals surface area contributed by atoms with E-state index < -0.39 is 11.6 Å². The summed E-state index contributed by atoms with van der Waals surface area (Å²) < 4.78 is 28.3. The molecule has 3 unspecified atom stereocenters. The molecule has 21 heavy (non-hydrogen) atoms. The number of rotatable bonds is 6. The molecule has 1 aromatic carbocycles. The van der Waals surface area contributed by atoms with Crippen LogP contribution < -0.4 is 5.32 Å². The zero-order valence-electron chi connectivity index (χ0n) is 13.4. The van der Waals surface area contributed by atoms with Gasteiger partial charge in [-0.1, -0.05) is 38.8 Å². The molecule has 3 atom stereocenters. The quantitative estimate of drug-likeness (QED) is 0.766. The van der Waals surface area contributed by atoms with Gasteiger partial charge in [0, 0.05) is 11.6 Å². The third kappa shape index (κ3) is 3.63. The molecule has 1 aliphatic carbocycles. The zero-order chi connectivity index (χ0) is 15.4. The number of nitrogens with one attached hydrogen (secondary N) is 1. The van der Waals surface area contributed by atoms with Crippen LogP contribution in [-0.4, -0.2) is 6.54 Å². The second-order valence-corrected chi connectivity index (χ2v) is 6.38. The third-order valence-corrected chi connectivity index (χ3v) is 4.89. The second kappa shape index (κ2) is 7.35. The molecule has 3 heteroatoms. The molecule has 1 aromatic rings. The van der Waals surface area contributed by atoms with Gasteiger partial charge in [0.25, 0.3) is 0 Å². The molecule has 0 radical (unpaired) electrons. The Morgan fingerprint density at radius 1 is 1.19 bits per heavy atom. The van der Waals surface area contributed by atoms with E-state index in [0.717, 1.165) is 31.7 Å². The lowest BCUT2D eigenvalue weighted by Crippen LogP contribution is -2.29. The van der Waals surface area contributed by atoms with Gasteiger partial charge in [-0.15, -0.1) is 0 Å². The first kappa shape index (κ1) is 16.4. The molecule has 2 rings (SSSR count). The summed E-state index contributed by atoms with van der Waals surface area (Å²) in [4.78, 5) is 0. The topological polar surface area (TPSA) is 12.0 Å². The van der Waals surface area contributed by atoms with E-state index in [1.165, 1.54) is 12.8 Å². The highest BCUT2D eigenvalue weighted by atomic mass is 19.2. The molecule has 1 saturated carbocycles. The minimum Gasteiger partial charge on any atom is -0.310 e. The first-order valence-corrected chi connectivity index (χ1v) is 8.26. The summed E-state index contributed by atoms with van der Waals surface area (Å²) in [7, 11) is 0. The van der Waals surface area contributed by atoms with E-state index in [-0.39, 0.29) is 6.04 Å². The Kier molecular flexibility index (Phi) is 5.74. The van der Waals surface area contributed by atoms with E-state index in [1.807, 2.05) is 0 Å². The maximum atomic E-state index is 14.4. The first-order chi connectivity index (χ1) is 10.1. The monoisotopic (exact) mass is 295 g/mol. The van der Waals surface area contributed by atoms with Crippen molar-refractivity contribution in [3.05, 3.63) is 34.9 Å². The van der Waals surface area contributed by atoms with Crippen LogP contribution in [0.1, 0.15) is 63.1 Å². The summed E-state index contributed by atoms with van der Waals surface area (Å²) in [6.07, 6.45) is 5.61. The largest absolute Gasteiger partial charge is 0.310 e. The fourth-order valence-electron chi connectivity index (χ4n) is 3.52. The molecule has 0 bridgehead atoms. The molecule has 1 fully saturated rings. The summed E-state index contributed by atoms with van der Waals surface area (Å²) in [6, 6.07) is 3.40. The lowest BCUT2D eigenvalue weighted by molar-refractivity contribution is 0.340. The van der Waals surface area contributed by atoms with Crippen LogP contribution in [0.15, 0.2) is 12.1 Å². The second-order valence-electron chi connectivity index (χ2n) is 6.38. The van der Waals surface area contributed by atoms with Gasteiger partial charge in [0.05, 0.1) is 0 Å². The van der Waals surface area contributed by atoms with Gasteiger partial charge in [-0.25, -0.2) is 8.78 Å². The Morgan fingerprint density at radius 2 is 1.95 bits per heavy atom. The van der Waals surface area contributed by atoms with Crippen LogP contribution in [0.5, 0.6) is 0 Å². The van der Waals surface area contributed by atoms with E-state index in [9.17, 15) is 8.78 Å². The van der Waals surface area contributed by atoms with Crippen LogP contribution >= 0.6 is 0 Å². The average molecular weight is 295 g/mol. The van der Waals surface area contributed by atoms with E-state index in [0.29, 0.717) is 17.0 Å². The molecule has 118 valence electrons. The maximum Gasteiger partial charge on any atom is 0.163 e. The zero-order valence-corrected chi connectivity index (χ0v) is 13.4. The standard InChI is InChI=1S/C18H27F2N/c1-4-10-21-18(14-8-7-13(5-2)11-14)15-9-6-12(3)16(19)17(15)20/h6,9,13-14,18,21H,4-5,7-8,10-11H2,1-3H3. The fourth-order valence-corrected chi connectivity index (χ4v) is 3.52. The smallest absolute Gasteiger partial charge is 0.163 e. The summed E-state index contributed by atoms with van der Waals surface area (Å²) in [6.45, 7) is 6.76. The van der Waals surface area contributed by atoms with Gasteiger partial charge in [0.15, 0.2) is 11.6 Å². The van der Waals surface area contributed by atoms with Gasteiger partial charge in [-0.2, -0.15) is 0 Å². The Morgan fingerprint density at radius 3 is 2.57 bits per heavy atom. The number of halogens is 2. The lowest BCUT2D eigenvalue weighted by Gasteiger charge is -2.26. The van der Waals surface area contributed by atoms with Crippen molar-refractivity contribution in [2.24, 2.45) is 11.8 Å². The highest BCUT2D eigenvalue weighted by molar-refractivity contribution is 5.28. The number of hydrogen-bond acceptors (Lipinski definition) is 1. The van der Waals surface area contributed by atoms with Crippen molar-refractivity contribution < 1.29 is 8.78 Å². The summed E-state index contributed by atoms with van der Waals surface area (Å²) in [5, 5.41) is 3.45. The molecular weight excluding hydrogens is 268 g/mol. The molecule has 0 aromatic heterocycles. The Hall–Kier alpha value is -0.960. The predicted molar refractivity (Wildman–Crippen MR) is 83.3 cm³/mol. The van der Waals surface area contributed by atoms with Crippen LogP contribution in [-0.2, 0) is 0 Å². The minimum absolute atomic E-state index is 0.0587. The van der Waals surface area contributed by atoms with E-state index in [4.69, 9.17) is 0 Å². The maximum absolute atomic E-state index is 14.4. The van der Waals surface area contributed by atoms with Crippen LogP contribution in [0.3, 0.4) is 0 Å². The Bertz CT molecular complexity index is 473. The molecule has 1 aliphatic rings. The highest BCUT2D eigenvalue weighted by Crippen LogP contribution is 2.41. The van der Waals surface area contributed by atoms with Crippen molar-refractivity contribution in [1.29, 1.82) is 0 Å². The van der Waals surface area contributed by atoms with Gasteiger partial charge in [0.2, 0.25) is 0 Å². The van der Waals surface area contributed by atoms with Crippen LogP contribution in [0.4, 0.5) is 8.78 Å². The van der Waals surface area contributed by atoms with Crippen LogP contribution in [0.2, 0.25) is 0 Å². The van der Waals surface area contributed by atoms with Gasteiger partial charge < -0.3 is 5.32 Å². The van der Waals surface area contributed by atoms with E-state index in [2.05, 4.69) is 19.2 Å². The van der Waals surface area contributed by atoms with Crippen molar-refractivity contribution in [2.45, 2.75) is 58.9 Å². The van der Waals surface area contributed by atoms with Gasteiger partial charge in [-0.3, -0.25) is 0 Å². The fraction of sp³-hybridized carbons (Fsp3) is 0.667. The number of benzene rings is 1. The SMILES string of the molecule is CCCNC(c1ccc(C)c(F)c1F)C1CCC(CC)C1. The molecule has 0 saturated heterocycles. The van der Waals surface area contributed by atoms with Gasteiger partial charge in [0.1, 0.15) is 0 Å². The number of hydrogen-bond donors (Lipinski definition) is 1. The Labute approximate surface area is 127 Å². The van der Waals surface area contributed by atoms with E-state index in [1.54, 1.807) is 19.1 Å². The van der Waals surface area contributed by atoms with Crippen molar-refractivity contribution in [3.8, 4) is 0 Å². The number of aryl methyl sites for hydroxylation is 1. The highest BCUT2D eigenvalue weighted by Gasteiger charge is 2.32. The molecular formula is C18H27F2N. The van der Waals surface area contributed by atoms with Gasteiger partial charge >= 0.3 is 0 Å². The van der Waals surface area contributed by atoms with Gasteiger partial charge in [-0.05, 0) is 50.1 Å². The molecule has 0 amide bonds. The minimum atomic E-state index is -0.694.